The highest BCUT2D eigenvalue weighted by atomic mass is 35.5. The Bertz CT molecular complexity index is 4720. The van der Waals surface area contributed by atoms with E-state index >= 15 is 0 Å². The number of nitrogens with one attached hydrogen (secondary N) is 2. The zero-order valence-electron chi connectivity index (χ0n) is 63.5. The number of amides is 2. The van der Waals surface area contributed by atoms with E-state index in [9.17, 15) is 42.6 Å². The number of aliphatic carboxylic acids is 1. The Labute approximate surface area is 667 Å². The highest BCUT2D eigenvalue weighted by Crippen LogP contribution is 2.35. The average Bonchev–Trinajstić information content (AvgIpc) is 1.52. The third-order valence-electron chi connectivity index (χ3n) is 16.7. The fourth-order valence-electron chi connectivity index (χ4n) is 11.9. The van der Waals surface area contributed by atoms with E-state index in [-0.39, 0.29) is 78.8 Å². The number of aryl methyl sites for hydroxylation is 4. The molecule has 27 nitrogen and oxygen atoms in total. The molecule has 0 spiro atoms. The molecule has 34 heteroatoms. The summed E-state index contributed by atoms with van der Waals surface area (Å²) in [6.45, 7) is 9.46. The number of nitrogens with zero attached hydrogens (tertiary/aromatic N) is 14. The summed E-state index contributed by atoms with van der Waals surface area (Å²) in [6.07, 6.45) is 14.3. The molecule has 7 N–H and O–H groups in total. The molecule has 0 atom stereocenters. The van der Waals surface area contributed by atoms with E-state index in [1.807, 2.05) is 7.05 Å². The van der Waals surface area contributed by atoms with Gasteiger partial charge in [0.25, 0.3) is 0 Å². The van der Waals surface area contributed by atoms with Gasteiger partial charge in [-0.25, -0.2) is 58.0 Å². The predicted molar refractivity (Wildman–Crippen MR) is 426 cm³/mol. The van der Waals surface area contributed by atoms with Gasteiger partial charge in [0.1, 0.15) is 89.4 Å². The molecule has 4 aliphatic carbocycles. The van der Waals surface area contributed by atoms with Crippen LogP contribution in [0.1, 0.15) is 105 Å². The number of carbonyl (C=O) groups excluding carboxylic acids is 3. The first kappa shape index (κ1) is 87.2. The molecule has 6 aromatic heterocycles. The Hall–Kier alpha value is -10.4. The SMILES string of the molecule is CC(C)(O)COc1ccnc(Cl)c1.CCOC(=O)CN(C)c1nc(Cl)nc2c1CCC2.CN(CC(=O)Nc1cccc(F)c1)c1nc(-c2cc(OCC(C)(C)O)ccn2)nc2c1CCC2.CN(CC(=O)Nc1cccc(F)c1)c1nc(Cl)nc2c1CCC2.CN(CC(=O)O)c1nc(Cl)nc2c1CCC2.Nc1cccc(F)c1. The number of pyridine rings is 2. The monoisotopic (exact) mass is 1620 g/mol. The van der Waals surface area contributed by atoms with Crippen molar-refractivity contribution in [3.63, 3.8) is 0 Å². The Morgan fingerprint density at radius 2 is 0.875 bits per heavy atom. The average molecular weight is 1620 g/mol. The summed E-state index contributed by atoms with van der Waals surface area (Å²) in [4.78, 5) is 96.7. The van der Waals surface area contributed by atoms with Crippen LogP contribution < -0.4 is 45.4 Å². The molecule has 2 amide bonds. The molecule has 0 saturated heterocycles. The number of aliphatic hydroxyl groups is 2. The molecule has 6 heterocycles. The van der Waals surface area contributed by atoms with E-state index < -0.39 is 28.8 Å². The van der Waals surface area contributed by atoms with Crippen molar-refractivity contribution in [3.05, 3.63) is 193 Å². The molecule has 112 heavy (non-hydrogen) atoms. The van der Waals surface area contributed by atoms with Crippen LogP contribution in [0, 0.1) is 17.5 Å². The number of nitrogens with two attached hydrogens (primary N) is 1. The van der Waals surface area contributed by atoms with E-state index in [1.54, 1.807) is 148 Å². The van der Waals surface area contributed by atoms with Gasteiger partial charge in [-0.3, -0.25) is 24.2 Å². The van der Waals surface area contributed by atoms with Crippen molar-refractivity contribution in [1.82, 2.24) is 49.8 Å². The van der Waals surface area contributed by atoms with Crippen LogP contribution in [0.2, 0.25) is 21.0 Å². The quantitative estimate of drug-likeness (QED) is 0.0159. The Balaban J connectivity index is 0.000000178. The van der Waals surface area contributed by atoms with Crippen molar-refractivity contribution in [3.8, 4) is 23.0 Å². The number of carboxylic acids is 1. The molecule has 4 aliphatic rings. The maximum absolute atomic E-state index is 13.4. The van der Waals surface area contributed by atoms with Crippen LogP contribution in [-0.4, -0.2) is 174 Å². The van der Waals surface area contributed by atoms with Gasteiger partial charge in [0.05, 0.1) is 48.0 Å². The Kier molecular flexibility index (Phi) is 32.1. The van der Waals surface area contributed by atoms with Crippen molar-refractivity contribution in [2.24, 2.45) is 0 Å². The van der Waals surface area contributed by atoms with E-state index in [4.69, 9.17) is 81.4 Å². The Morgan fingerprint density at radius 1 is 0.491 bits per heavy atom. The molecule has 0 radical (unpaired) electrons. The van der Waals surface area contributed by atoms with Gasteiger partial charge in [-0.15, -0.1) is 0 Å². The molecule has 0 aliphatic heterocycles. The van der Waals surface area contributed by atoms with Crippen LogP contribution in [-0.2, 0) is 75.3 Å². The zero-order valence-corrected chi connectivity index (χ0v) is 66.5. The third-order valence-corrected chi connectivity index (χ3v) is 17.4. The number of esters is 1. The first-order valence-electron chi connectivity index (χ1n) is 35.8. The molecule has 13 rings (SSSR count). The van der Waals surface area contributed by atoms with Gasteiger partial charge in [0.15, 0.2) is 5.82 Å². The van der Waals surface area contributed by atoms with Crippen LogP contribution in [0.15, 0.2) is 109 Å². The molecular weight excluding hydrogens is 1530 g/mol. The molecule has 0 saturated carbocycles. The maximum Gasteiger partial charge on any atom is 0.325 e. The first-order chi connectivity index (χ1) is 53.1. The van der Waals surface area contributed by atoms with Crippen molar-refractivity contribution in [1.29, 1.82) is 0 Å². The Morgan fingerprint density at radius 3 is 1.26 bits per heavy atom. The highest BCUT2D eigenvalue weighted by Gasteiger charge is 2.28. The van der Waals surface area contributed by atoms with Crippen molar-refractivity contribution >= 4 is 110 Å². The number of hydrogen-bond donors (Lipinski definition) is 6. The summed E-state index contributed by atoms with van der Waals surface area (Å²) in [5.74, 6) is 1.61. The largest absolute Gasteiger partial charge is 0.490 e. The lowest BCUT2D eigenvalue weighted by atomic mass is 10.2. The second-order valence-corrected chi connectivity index (χ2v) is 29.0. The molecule has 596 valence electrons. The lowest BCUT2D eigenvalue weighted by molar-refractivity contribution is -0.141. The summed E-state index contributed by atoms with van der Waals surface area (Å²) >= 11 is 23.3. The minimum atomic E-state index is -0.963. The number of nitrogen functional groups attached to an aromatic ring is 1. The summed E-state index contributed by atoms with van der Waals surface area (Å²) in [5.41, 5.74) is 13.3. The van der Waals surface area contributed by atoms with Gasteiger partial charge in [0, 0.05) is 97.7 Å². The van der Waals surface area contributed by atoms with E-state index in [2.05, 4.69) is 50.5 Å². The smallest absolute Gasteiger partial charge is 0.325 e. The lowest BCUT2D eigenvalue weighted by Crippen LogP contribution is -2.31. The minimum absolute atomic E-state index is 0.0432. The number of aromatic nitrogens is 10. The number of ether oxygens (including phenoxy) is 3. The van der Waals surface area contributed by atoms with E-state index in [0.717, 1.165) is 128 Å². The van der Waals surface area contributed by atoms with Crippen LogP contribution >= 0.6 is 46.4 Å². The summed E-state index contributed by atoms with van der Waals surface area (Å²) < 4.78 is 54.6. The number of likely N-dealkylation sites (N-methyl/N-ethyl adjacent to an activating group) is 4. The fraction of sp³-hybridized carbons (Fsp3) is 0.385. The molecule has 0 bridgehead atoms. The van der Waals surface area contributed by atoms with Crippen LogP contribution in [0.3, 0.4) is 0 Å². The van der Waals surface area contributed by atoms with Gasteiger partial charge in [0.2, 0.25) is 27.7 Å². The van der Waals surface area contributed by atoms with Crippen LogP contribution in [0.25, 0.3) is 11.5 Å². The second-order valence-electron chi connectivity index (χ2n) is 27.6. The number of hydrogen-bond acceptors (Lipinski definition) is 24. The standard InChI is InChI=1S/C25H28FN5O3.C16H16ClFN4O.C12H16ClN3O2.C10H12ClN3O2.C9H12ClNO2.C6H6FN/c1-25(2,33)15-34-18-10-11-27-21(13-18)23-29-20-9-5-8-19(20)24(30-23)31(3)14-22(32)28-17-7-4-6-16(26)12-17;1-22(9-14(23)19-11-5-2-4-10(18)8-11)15-12-6-3-7-13(12)20-16(17)21-15;1-3-18-10(17)7-16(2)11-8-5-4-6-9(8)14-12(13)15-11;1-14(5-8(15)16)9-6-3-2-4-7(6)12-10(11)13-9;1-9(2,12)6-13-7-3-4-11-8(10)5-7;7-5-2-1-3-6(8)4-5/h4,6-7,10-13,33H,5,8-9,14-15H2,1-3H3,(H,28,32);2,4-5,8H,3,6-7,9H2,1H3,(H,19,23);3-7H2,1-2H3;2-5H2,1H3,(H,15,16);3-5,12H,6H2,1-2H3;1-4H,8H2. The van der Waals surface area contributed by atoms with Gasteiger partial charge >= 0.3 is 11.9 Å². The van der Waals surface area contributed by atoms with E-state index in [0.29, 0.717) is 69.3 Å². The van der Waals surface area contributed by atoms with Crippen molar-refractivity contribution in [2.75, 3.05) is 110 Å². The lowest BCUT2D eigenvalue weighted by Gasteiger charge is -2.21. The number of benzene rings is 3. The molecular formula is C78H90Cl4F3N17O10. The van der Waals surface area contributed by atoms with E-state index in [1.165, 1.54) is 36.4 Å². The predicted octanol–water partition coefficient (Wildman–Crippen LogP) is 12.3. The zero-order chi connectivity index (χ0) is 81.4. The normalized spacial score (nSPS) is 12.6. The molecule has 9 aromatic rings. The van der Waals surface area contributed by atoms with Gasteiger partial charge in [-0.1, -0.05) is 29.8 Å². The fourth-order valence-corrected chi connectivity index (χ4v) is 12.6. The number of carbonyl (C=O) groups is 4. The van der Waals surface area contributed by atoms with Crippen molar-refractivity contribution in [2.45, 2.75) is 123 Å². The highest BCUT2D eigenvalue weighted by molar-refractivity contribution is 6.29. The topological polar surface area (TPSA) is 349 Å². The second kappa shape index (κ2) is 41.2. The van der Waals surface area contributed by atoms with Gasteiger partial charge in [-0.05, 0) is 213 Å². The third kappa shape index (κ3) is 27.8. The molecule has 0 fully saturated rings. The number of fused-ring (bicyclic) bond motifs is 4. The van der Waals surface area contributed by atoms with Crippen molar-refractivity contribution < 1.29 is 61.9 Å². The van der Waals surface area contributed by atoms with Gasteiger partial charge in [-0.2, -0.15) is 0 Å². The van der Waals surface area contributed by atoms with Gasteiger partial charge < -0.3 is 65.5 Å². The number of halogens is 7. The summed E-state index contributed by atoms with van der Waals surface area (Å²) in [7, 11) is 7.09. The maximum atomic E-state index is 13.4. The number of rotatable bonds is 22. The molecule has 0 unspecified atom stereocenters. The summed E-state index contributed by atoms with van der Waals surface area (Å²) in [5, 5.41) is 34.4. The first-order valence-corrected chi connectivity index (χ1v) is 37.3. The van der Waals surface area contributed by atoms with Crippen LogP contribution in [0.4, 0.5) is 53.5 Å². The summed E-state index contributed by atoms with van der Waals surface area (Å²) in [6, 6.07) is 24.2. The minimum Gasteiger partial charge on any atom is -0.490 e. The van der Waals surface area contributed by atoms with Crippen LogP contribution in [0.5, 0.6) is 11.5 Å². The number of carboxylic acid groups (broad SMARTS) is 1. The molecule has 3 aromatic carbocycles. The number of anilines is 7.